The molecule has 0 unspecified atom stereocenters. The maximum Gasteiger partial charge on any atom is 0.278 e. The van der Waals surface area contributed by atoms with Crippen molar-refractivity contribution in [2.45, 2.75) is 20.4 Å². The molecule has 6 nitrogen and oxygen atoms in total. The highest BCUT2D eigenvalue weighted by Crippen LogP contribution is 2.24. The smallest absolute Gasteiger partial charge is 0.278 e. The van der Waals surface area contributed by atoms with Crippen LogP contribution in [-0.4, -0.2) is 29.8 Å². The Bertz CT molecular complexity index is 664. The molecule has 0 aliphatic carbocycles. The summed E-state index contributed by atoms with van der Waals surface area (Å²) in [5.41, 5.74) is 8.24. The van der Waals surface area contributed by atoms with Gasteiger partial charge in [0, 0.05) is 25.3 Å². The molecule has 0 bridgehead atoms. The van der Waals surface area contributed by atoms with Gasteiger partial charge in [-0.1, -0.05) is 6.07 Å². The number of aromatic nitrogens is 2. The summed E-state index contributed by atoms with van der Waals surface area (Å²) in [6, 6.07) is 7.31. The van der Waals surface area contributed by atoms with Crippen LogP contribution in [-0.2, 0) is 6.54 Å². The lowest BCUT2D eigenvalue weighted by atomic mass is 10.2. The number of hydrogen-bond donors (Lipinski definition) is 1. The lowest BCUT2D eigenvalue weighted by Crippen LogP contribution is -2.29. The van der Waals surface area contributed by atoms with E-state index in [0.717, 1.165) is 5.69 Å². The molecule has 1 amide bonds. The Morgan fingerprint density at radius 3 is 2.81 bits per heavy atom. The molecular weight excluding hydrogens is 268 g/mol. The zero-order valence-corrected chi connectivity index (χ0v) is 12.8. The van der Waals surface area contributed by atoms with Gasteiger partial charge in [-0.2, -0.15) is 5.10 Å². The lowest BCUT2D eigenvalue weighted by molar-refractivity contribution is 0.0983. The average Bonchev–Trinajstić information content (AvgIpc) is 2.80. The molecule has 0 fully saturated rings. The second-order valence-electron chi connectivity index (χ2n) is 4.73. The van der Waals surface area contributed by atoms with Crippen LogP contribution in [0.15, 0.2) is 24.3 Å². The molecule has 0 saturated heterocycles. The average molecular weight is 288 g/mol. The Morgan fingerprint density at radius 2 is 2.19 bits per heavy atom. The van der Waals surface area contributed by atoms with Crippen LogP contribution in [0, 0.1) is 6.92 Å². The fourth-order valence-corrected chi connectivity index (χ4v) is 2.14. The van der Waals surface area contributed by atoms with Crippen LogP contribution >= 0.6 is 0 Å². The number of carbonyl (C=O) groups excluding carboxylic acids is 1. The Labute approximate surface area is 124 Å². The minimum Gasteiger partial charge on any atom is -0.497 e. The summed E-state index contributed by atoms with van der Waals surface area (Å²) in [7, 11) is 3.30. The fourth-order valence-electron chi connectivity index (χ4n) is 2.14. The Kier molecular flexibility index (Phi) is 4.16. The minimum atomic E-state index is -0.191. The van der Waals surface area contributed by atoms with E-state index in [1.165, 1.54) is 0 Å². The van der Waals surface area contributed by atoms with E-state index in [1.54, 1.807) is 36.7 Å². The largest absolute Gasteiger partial charge is 0.497 e. The number of amides is 1. The van der Waals surface area contributed by atoms with Crippen LogP contribution in [0.25, 0.3) is 0 Å². The molecule has 1 aromatic carbocycles. The standard InChI is InChI=1S/C15H20N4O2/c1-5-19-14(13(16)10(2)17-19)15(20)18(3)11-7-6-8-12(9-11)21-4/h6-9H,5,16H2,1-4H3. The highest BCUT2D eigenvalue weighted by Gasteiger charge is 2.23. The van der Waals surface area contributed by atoms with Gasteiger partial charge in [0.05, 0.1) is 18.5 Å². The summed E-state index contributed by atoms with van der Waals surface area (Å²) in [5, 5.41) is 4.28. The first-order valence-corrected chi connectivity index (χ1v) is 6.74. The molecule has 112 valence electrons. The Hall–Kier alpha value is -2.50. The molecule has 0 atom stereocenters. The van der Waals surface area contributed by atoms with Gasteiger partial charge in [0.15, 0.2) is 0 Å². The molecule has 2 N–H and O–H groups in total. The molecule has 6 heteroatoms. The molecule has 0 saturated carbocycles. The number of aryl methyl sites for hydroxylation is 2. The van der Waals surface area contributed by atoms with Crippen LogP contribution in [0.3, 0.4) is 0 Å². The number of nitrogens with two attached hydrogens (primary N) is 1. The lowest BCUT2D eigenvalue weighted by Gasteiger charge is -2.18. The van der Waals surface area contributed by atoms with Crippen molar-refractivity contribution in [3.63, 3.8) is 0 Å². The molecular formula is C15H20N4O2. The quantitative estimate of drug-likeness (QED) is 0.934. The summed E-state index contributed by atoms with van der Waals surface area (Å²) >= 11 is 0. The summed E-state index contributed by atoms with van der Waals surface area (Å²) in [5.74, 6) is 0.503. The van der Waals surface area contributed by atoms with Crippen molar-refractivity contribution in [3.8, 4) is 5.75 Å². The van der Waals surface area contributed by atoms with Crippen molar-refractivity contribution in [2.24, 2.45) is 0 Å². The van der Waals surface area contributed by atoms with Gasteiger partial charge in [-0.05, 0) is 26.0 Å². The number of nitrogen functional groups attached to an aromatic ring is 1. The van der Waals surface area contributed by atoms with E-state index in [-0.39, 0.29) is 5.91 Å². The molecule has 21 heavy (non-hydrogen) atoms. The van der Waals surface area contributed by atoms with Gasteiger partial charge < -0.3 is 15.4 Å². The van der Waals surface area contributed by atoms with Crippen LogP contribution in [0.2, 0.25) is 0 Å². The molecule has 1 heterocycles. The van der Waals surface area contributed by atoms with E-state index in [2.05, 4.69) is 5.10 Å². The van der Waals surface area contributed by atoms with Crippen molar-refractivity contribution < 1.29 is 9.53 Å². The monoisotopic (exact) mass is 288 g/mol. The number of benzene rings is 1. The predicted molar refractivity (Wildman–Crippen MR) is 82.8 cm³/mol. The van der Waals surface area contributed by atoms with Gasteiger partial charge in [-0.25, -0.2) is 0 Å². The summed E-state index contributed by atoms with van der Waals surface area (Å²) in [6.07, 6.45) is 0. The van der Waals surface area contributed by atoms with Gasteiger partial charge in [0.25, 0.3) is 5.91 Å². The predicted octanol–water partition coefficient (Wildman–Crippen LogP) is 2.08. The van der Waals surface area contributed by atoms with Gasteiger partial charge in [0.2, 0.25) is 0 Å². The number of carbonyl (C=O) groups is 1. The van der Waals surface area contributed by atoms with E-state index in [0.29, 0.717) is 29.4 Å². The van der Waals surface area contributed by atoms with Gasteiger partial charge in [0.1, 0.15) is 11.4 Å². The molecule has 0 aliphatic rings. The number of nitrogens with zero attached hydrogens (tertiary/aromatic N) is 3. The van der Waals surface area contributed by atoms with Crippen LogP contribution < -0.4 is 15.4 Å². The van der Waals surface area contributed by atoms with Crippen LogP contribution in [0.1, 0.15) is 23.1 Å². The first-order chi connectivity index (χ1) is 9.99. The van der Waals surface area contributed by atoms with Gasteiger partial charge in [-0.15, -0.1) is 0 Å². The van der Waals surface area contributed by atoms with E-state index in [9.17, 15) is 4.79 Å². The van der Waals surface area contributed by atoms with Gasteiger partial charge in [-0.3, -0.25) is 9.48 Å². The van der Waals surface area contributed by atoms with Crippen molar-refractivity contribution in [1.82, 2.24) is 9.78 Å². The van der Waals surface area contributed by atoms with Crippen molar-refractivity contribution >= 4 is 17.3 Å². The first-order valence-electron chi connectivity index (χ1n) is 6.74. The fraction of sp³-hybridized carbons (Fsp3) is 0.333. The number of methoxy groups -OCH3 is 1. The van der Waals surface area contributed by atoms with Crippen molar-refractivity contribution in [2.75, 3.05) is 24.8 Å². The third kappa shape index (κ3) is 2.69. The number of rotatable bonds is 4. The number of anilines is 2. The molecule has 0 radical (unpaired) electrons. The SMILES string of the molecule is CCn1nc(C)c(N)c1C(=O)N(C)c1cccc(OC)c1. The topological polar surface area (TPSA) is 73.4 Å². The zero-order valence-electron chi connectivity index (χ0n) is 12.8. The Balaban J connectivity index is 2.39. The maximum atomic E-state index is 12.7. The summed E-state index contributed by atoms with van der Waals surface area (Å²) < 4.78 is 6.81. The first kappa shape index (κ1) is 14.9. The molecule has 2 rings (SSSR count). The van der Waals surface area contributed by atoms with E-state index in [1.807, 2.05) is 25.1 Å². The molecule has 1 aromatic heterocycles. The molecule has 0 spiro atoms. The second kappa shape index (κ2) is 5.87. The molecule has 2 aromatic rings. The number of ether oxygens (including phenoxy) is 1. The highest BCUT2D eigenvalue weighted by molar-refractivity contribution is 6.08. The maximum absolute atomic E-state index is 12.7. The normalized spacial score (nSPS) is 10.5. The van der Waals surface area contributed by atoms with E-state index in [4.69, 9.17) is 10.5 Å². The van der Waals surface area contributed by atoms with Gasteiger partial charge >= 0.3 is 0 Å². The van der Waals surface area contributed by atoms with Crippen LogP contribution in [0.4, 0.5) is 11.4 Å². The second-order valence-corrected chi connectivity index (χ2v) is 4.73. The van der Waals surface area contributed by atoms with E-state index >= 15 is 0 Å². The van der Waals surface area contributed by atoms with Crippen molar-refractivity contribution in [1.29, 1.82) is 0 Å². The summed E-state index contributed by atoms with van der Waals surface area (Å²) in [4.78, 5) is 14.2. The van der Waals surface area contributed by atoms with E-state index < -0.39 is 0 Å². The highest BCUT2D eigenvalue weighted by atomic mass is 16.5. The minimum absolute atomic E-state index is 0.191. The third-order valence-electron chi connectivity index (χ3n) is 3.42. The van der Waals surface area contributed by atoms with Crippen LogP contribution in [0.5, 0.6) is 5.75 Å². The molecule has 0 aliphatic heterocycles. The summed E-state index contributed by atoms with van der Waals surface area (Å²) in [6.45, 7) is 4.31. The van der Waals surface area contributed by atoms with Crippen molar-refractivity contribution in [3.05, 3.63) is 35.7 Å². The number of hydrogen-bond acceptors (Lipinski definition) is 4. The zero-order chi connectivity index (χ0) is 15.6. The third-order valence-corrected chi connectivity index (χ3v) is 3.42. The Morgan fingerprint density at radius 1 is 1.48 bits per heavy atom.